The van der Waals surface area contributed by atoms with Gasteiger partial charge in [0.25, 0.3) is 0 Å². The largest absolute Gasteiger partial charge is 0.344 e. The summed E-state index contributed by atoms with van der Waals surface area (Å²) < 4.78 is 5.89. The fraction of sp³-hybridized carbons (Fsp3) is 0.200. The van der Waals surface area contributed by atoms with Crippen LogP contribution in [0.5, 0.6) is 0 Å². The van der Waals surface area contributed by atoms with Crippen molar-refractivity contribution in [2.75, 3.05) is 18.9 Å². The molecule has 0 atom stereocenters. The number of halogens is 2. The molecule has 0 saturated carbocycles. The molecule has 8 nitrogen and oxygen atoms in total. The average molecular weight is 493 g/mol. The molecule has 0 aliphatic heterocycles. The van der Waals surface area contributed by atoms with Crippen LogP contribution in [0.4, 0.5) is 10.5 Å². The van der Waals surface area contributed by atoms with Gasteiger partial charge < -0.3 is 20.1 Å². The maximum Gasteiger partial charge on any atom is 0.321 e. The highest BCUT2D eigenvalue weighted by Crippen LogP contribution is 2.16. The molecule has 0 unspecified atom stereocenters. The van der Waals surface area contributed by atoms with Crippen molar-refractivity contribution in [1.29, 1.82) is 0 Å². The standard InChI is InChI=1S/C20H19BrClN5O3/c1-27(20(29)24-16-4-2-3-14(21)11-16)10-9-17-25-19(30-26-17)18(28)23-12-13-5-7-15(22)8-6-13/h2-8,11H,9-10,12H2,1H3,(H,23,28)(H,24,29). The zero-order valence-corrected chi connectivity index (χ0v) is 18.4. The summed E-state index contributed by atoms with van der Waals surface area (Å²) in [4.78, 5) is 30.0. The Hall–Kier alpha value is -2.91. The van der Waals surface area contributed by atoms with E-state index in [0.29, 0.717) is 36.0 Å². The van der Waals surface area contributed by atoms with Gasteiger partial charge in [-0.25, -0.2) is 4.79 Å². The fourth-order valence-electron chi connectivity index (χ4n) is 2.46. The minimum Gasteiger partial charge on any atom is -0.344 e. The van der Waals surface area contributed by atoms with Crippen molar-refractivity contribution >= 4 is 45.2 Å². The molecule has 10 heteroatoms. The third-order valence-electron chi connectivity index (χ3n) is 4.12. The summed E-state index contributed by atoms with van der Waals surface area (Å²) in [5, 5.41) is 9.93. The quantitative estimate of drug-likeness (QED) is 0.517. The van der Waals surface area contributed by atoms with E-state index in [4.69, 9.17) is 16.1 Å². The van der Waals surface area contributed by atoms with Gasteiger partial charge in [0.15, 0.2) is 5.82 Å². The second-order valence-electron chi connectivity index (χ2n) is 6.44. The van der Waals surface area contributed by atoms with E-state index in [1.165, 1.54) is 4.90 Å². The molecule has 0 radical (unpaired) electrons. The van der Waals surface area contributed by atoms with Gasteiger partial charge >= 0.3 is 17.8 Å². The Morgan fingerprint density at radius 1 is 1.20 bits per heavy atom. The molecule has 2 aromatic carbocycles. The van der Waals surface area contributed by atoms with Gasteiger partial charge in [0.2, 0.25) is 0 Å². The van der Waals surface area contributed by atoms with Gasteiger partial charge in [-0.15, -0.1) is 0 Å². The molecule has 0 fully saturated rings. The lowest BCUT2D eigenvalue weighted by Crippen LogP contribution is -2.33. The van der Waals surface area contributed by atoms with Crippen molar-refractivity contribution in [3.63, 3.8) is 0 Å². The normalized spacial score (nSPS) is 10.5. The maximum absolute atomic E-state index is 12.3. The highest BCUT2D eigenvalue weighted by molar-refractivity contribution is 9.10. The first-order valence-corrected chi connectivity index (χ1v) is 10.2. The number of urea groups is 1. The molecule has 3 aromatic rings. The lowest BCUT2D eigenvalue weighted by atomic mass is 10.2. The Kier molecular flexibility index (Phi) is 7.42. The molecule has 0 spiro atoms. The topological polar surface area (TPSA) is 100 Å². The molecular weight excluding hydrogens is 474 g/mol. The van der Waals surface area contributed by atoms with Gasteiger partial charge in [-0.2, -0.15) is 4.98 Å². The number of aromatic nitrogens is 2. The molecule has 3 amide bonds. The summed E-state index contributed by atoms with van der Waals surface area (Å²) in [6.45, 7) is 0.664. The first-order chi connectivity index (χ1) is 14.4. The van der Waals surface area contributed by atoms with E-state index < -0.39 is 5.91 Å². The number of carbonyl (C=O) groups is 2. The molecule has 0 saturated heterocycles. The Balaban J connectivity index is 1.46. The van der Waals surface area contributed by atoms with Crippen LogP contribution in [0.2, 0.25) is 5.02 Å². The molecular formula is C20H19BrClN5O3. The Morgan fingerprint density at radius 2 is 1.97 bits per heavy atom. The number of benzene rings is 2. The summed E-state index contributed by atoms with van der Waals surface area (Å²) in [6.07, 6.45) is 0.344. The van der Waals surface area contributed by atoms with Crippen LogP contribution in [0.3, 0.4) is 0 Å². The van der Waals surface area contributed by atoms with Crippen LogP contribution in [0.25, 0.3) is 0 Å². The van der Waals surface area contributed by atoms with Crippen LogP contribution in [0, 0.1) is 0 Å². The highest BCUT2D eigenvalue weighted by atomic mass is 79.9. The number of nitrogens with one attached hydrogen (secondary N) is 2. The molecule has 2 N–H and O–H groups in total. The number of rotatable bonds is 7. The third kappa shape index (κ3) is 6.30. The van der Waals surface area contributed by atoms with Crippen LogP contribution in [-0.4, -0.2) is 40.6 Å². The molecule has 0 aliphatic rings. The van der Waals surface area contributed by atoms with Crippen LogP contribution in [-0.2, 0) is 13.0 Å². The van der Waals surface area contributed by atoms with Crippen molar-refractivity contribution in [3.8, 4) is 0 Å². The minimum absolute atomic E-state index is 0.125. The SMILES string of the molecule is CN(CCc1noc(C(=O)NCc2ccc(Cl)cc2)n1)C(=O)Nc1cccc(Br)c1. The van der Waals surface area contributed by atoms with Crippen molar-refractivity contribution < 1.29 is 14.1 Å². The van der Waals surface area contributed by atoms with Crippen LogP contribution in [0.15, 0.2) is 57.5 Å². The van der Waals surface area contributed by atoms with Gasteiger partial charge in [0.1, 0.15) is 0 Å². The van der Waals surface area contributed by atoms with Gasteiger partial charge in [-0.3, -0.25) is 4.79 Å². The van der Waals surface area contributed by atoms with E-state index in [1.54, 1.807) is 31.3 Å². The van der Waals surface area contributed by atoms with Crippen molar-refractivity contribution in [3.05, 3.63) is 75.3 Å². The van der Waals surface area contributed by atoms with E-state index in [-0.39, 0.29) is 11.9 Å². The number of likely N-dealkylation sites (N-methyl/N-ethyl adjacent to an activating group) is 1. The molecule has 0 aliphatic carbocycles. The van der Waals surface area contributed by atoms with E-state index in [2.05, 4.69) is 36.7 Å². The molecule has 0 bridgehead atoms. The van der Waals surface area contributed by atoms with E-state index in [0.717, 1.165) is 10.0 Å². The number of carbonyl (C=O) groups excluding carboxylic acids is 2. The van der Waals surface area contributed by atoms with Gasteiger partial charge in [-0.05, 0) is 35.9 Å². The van der Waals surface area contributed by atoms with Gasteiger partial charge in [-0.1, -0.05) is 50.9 Å². The molecule has 156 valence electrons. The Morgan fingerprint density at radius 3 is 2.70 bits per heavy atom. The first kappa shape index (κ1) is 21.8. The Labute approximate surface area is 186 Å². The zero-order chi connectivity index (χ0) is 21.5. The summed E-state index contributed by atoms with van der Waals surface area (Å²) in [5.41, 5.74) is 1.58. The average Bonchev–Trinajstić information content (AvgIpc) is 3.20. The van der Waals surface area contributed by atoms with E-state index in [9.17, 15) is 9.59 Å². The number of hydrogen-bond acceptors (Lipinski definition) is 5. The third-order valence-corrected chi connectivity index (χ3v) is 4.87. The predicted molar refractivity (Wildman–Crippen MR) is 116 cm³/mol. The smallest absolute Gasteiger partial charge is 0.321 e. The lowest BCUT2D eigenvalue weighted by molar-refractivity contribution is 0.0907. The first-order valence-electron chi connectivity index (χ1n) is 9.03. The minimum atomic E-state index is -0.468. The molecule has 3 rings (SSSR count). The second kappa shape index (κ2) is 10.2. The number of anilines is 1. The van der Waals surface area contributed by atoms with Crippen LogP contribution >= 0.6 is 27.5 Å². The summed E-state index contributed by atoms with van der Waals surface area (Å²) >= 11 is 9.20. The molecule has 30 heavy (non-hydrogen) atoms. The fourth-order valence-corrected chi connectivity index (χ4v) is 2.99. The number of nitrogens with zero attached hydrogens (tertiary/aromatic N) is 3. The van der Waals surface area contributed by atoms with E-state index in [1.807, 2.05) is 24.3 Å². The van der Waals surface area contributed by atoms with Crippen LogP contribution in [0.1, 0.15) is 22.1 Å². The monoisotopic (exact) mass is 491 g/mol. The number of hydrogen-bond donors (Lipinski definition) is 2. The lowest BCUT2D eigenvalue weighted by Gasteiger charge is -2.17. The van der Waals surface area contributed by atoms with Crippen molar-refractivity contribution in [2.24, 2.45) is 0 Å². The summed E-state index contributed by atoms with van der Waals surface area (Å²) in [6, 6.07) is 14.2. The second-order valence-corrected chi connectivity index (χ2v) is 7.79. The maximum atomic E-state index is 12.3. The predicted octanol–water partition coefficient (Wildman–Crippen LogP) is 4.12. The Bertz CT molecular complexity index is 1030. The van der Waals surface area contributed by atoms with Gasteiger partial charge in [0, 0.05) is 41.7 Å². The zero-order valence-electron chi connectivity index (χ0n) is 16.1. The van der Waals surface area contributed by atoms with Crippen molar-refractivity contribution in [2.45, 2.75) is 13.0 Å². The van der Waals surface area contributed by atoms with E-state index >= 15 is 0 Å². The highest BCUT2D eigenvalue weighted by Gasteiger charge is 2.16. The number of amides is 3. The summed E-state index contributed by atoms with van der Waals surface area (Å²) in [5.74, 6) is -0.251. The summed E-state index contributed by atoms with van der Waals surface area (Å²) in [7, 11) is 1.66. The molecule has 1 aromatic heterocycles. The van der Waals surface area contributed by atoms with Crippen LogP contribution < -0.4 is 10.6 Å². The van der Waals surface area contributed by atoms with Crippen molar-refractivity contribution in [1.82, 2.24) is 20.4 Å². The van der Waals surface area contributed by atoms with Gasteiger partial charge in [0.05, 0.1) is 0 Å². The molecule has 1 heterocycles.